The highest BCUT2D eigenvalue weighted by Gasteiger charge is 2.32. The van der Waals surface area contributed by atoms with Gasteiger partial charge >= 0.3 is 0 Å². The molecule has 1 aromatic carbocycles. The van der Waals surface area contributed by atoms with Crippen LogP contribution < -0.4 is 17.8 Å². The largest absolute Gasteiger partial charge is 1.00 e. The number of thioether (sulfide) groups is 1. The molecular weight excluding hydrogens is 284 g/mol. The molecule has 0 spiro atoms. The number of rotatable bonds is 1. The smallest absolute Gasteiger partial charge is 0.281 e. The molecule has 0 aromatic heterocycles. The first-order valence-corrected chi connectivity index (χ1v) is 5.37. The SMILES string of the molecule is [Cl-].[NH2+]=C(Sc1ccccc1)C(Cl)(Cl)Cl. The van der Waals surface area contributed by atoms with E-state index in [2.05, 4.69) is 0 Å². The van der Waals surface area contributed by atoms with E-state index in [0.29, 0.717) is 0 Å². The van der Waals surface area contributed by atoms with Crippen molar-refractivity contribution in [2.24, 2.45) is 0 Å². The second-order valence-corrected chi connectivity index (χ2v) is 5.67. The maximum absolute atomic E-state index is 5.58. The van der Waals surface area contributed by atoms with Crippen LogP contribution in [-0.4, -0.2) is 8.84 Å². The van der Waals surface area contributed by atoms with Gasteiger partial charge in [-0.3, -0.25) is 0 Å². The van der Waals surface area contributed by atoms with Crippen LogP contribution >= 0.6 is 46.6 Å². The number of hydrogen-bond acceptors (Lipinski definition) is 1. The van der Waals surface area contributed by atoms with Crippen molar-refractivity contribution in [2.75, 3.05) is 0 Å². The molecule has 0 saturated carbocycles. The van der Waals surface area contributed by atoms with Crippen LogP contribution in [0, 0.1) is 0 Å². The number of halogens is 4. The summed E-state index contributed by atoms with van der Waals surface area (Å²) in [5.74, 6) is 0. The molecule has 0 aliphatic rings. The van der Waals surface area contributed by atoms with E-state index in [-0.39, 0.29) is 17.5 Å². The average Bonchev–Trinajstić information content (AvgIpc) is 2.04. The zero-order chi connectivity index (χ0) is 9.90. The topological polar surface area (TPSA) is 25.6 Å². The molecular formula is C8H7Cl4NS. The molecule has 0 aliphatic heterocycles. The third kappa shape index (κ3) is 4.76. The van der Waals surface area contributed by atoms with E-state index in [1.165, 1.54) is 11.8 Å². The van der Waals surface area contributed by atoms with Crippen LogP contribution in [0.4, 0.5) is 0 Å². The number of nitrogens with two attached hydrogens (primary N) is 1. The Labute approximate surface area is 108 Å². The minimum Gasteiger partial charge on any atom is -1.00 e. The van der Waals surface area contributed by atoms with E-state index >= 15 is 0 Å². The molecule has 0 heterocycles. The highest BCUT2D eigenvalue weighted by molar-refractivity contribution is 8.14. The predicted molar refractivity (Wildman–Crippen MR) is 59.5 cm³/mol. The molecule has 1 rings (SSSR count). The highest BCUT2D eigenvalue weighted by Crippen LogP contribution is 2.33. The van der Waals surface area contributed by atoms with Gasteiger partial charge in [0.15, 0.2) is 0 Å². The fraction of sp³-hybridized carbons (Fsp3) is 0.125. The van der Waals surface area contributed by atoms with Gasteiger partial charge in [-0.1, -0.05) is 53.0 Å². The lowest BCUT2D eigenvalue weighted by molar-refractivity contribution is -0.110. The zero-order valence-corrected chi connectivity index (χ0v) is 10.7. The number of alkyl halides is 3. The zero-order valence-electron chi connectivity index (χ0n) is 6.88. The molecule has 78 valence electrons. The second kappa shape index (κ2) is 6.09. The van der Waals surface area contributed by atoms with Gasteiger partial charge in [-0.2, -0.15) is 0 Å². The van der Waals surface area contributed by atoms with E-state index in [1.807, 2.05) is 30.3 Å². The lowest BCUT2D eigenvalue weighted by Gasteiger charge is -2.06. The summed E-state index contributed by atoms with van der Waals surface area (Å²) in [5.41, 5.74) is 0. The summed E-state index contributed by atoms with van der Waals surface area (Å²) in [7, 11) is 0. The summed E-state index contributed by atoms with van der Waals surface area (Å²) in [6.45, 7) is 0. The summed E-state index contributed by atoms with van der Waals surface area (Å²) >= 11 is 18.0. The van der Waals surface area contributed by atoms with Crippen LogP contribution in [-0.2, 0) is 0 Å². The third-order valence-electron chi connectivity index (χ3n) is 1.25. The van der Waals surface area contributed by atoms with Crippen LogP contribution in [0.2, 0.25) is 0 Å². The first kappa shape index (κ1) is 14.4. The monoisotopic (exact) mass is 289 g/mol. The van der Waals surface area contributed by atoms with Crippen LogP contribution in [0.25, 0.3) is 0 Å². The summed E-state index contributed by atoms with van der Waals surface area (Å²) in [6, 6.07) is 9.50. The van der Waals surface area contributed by atoms with Gasteiger partial charge in [0.2, 0.25) is 0 Å². The van der Waals surface area contributed by atoms with Gasteiger partial charge in [0.1, 0.15) is 0 Å². The van der Waals surface area contributed by atoms with Crippen LogP contribution in [0.1, 0.15) is 0 Å². The average molecular weight is 291 g/mol. The van der Waals surface area contributed by atoms with Crippen molar-refractivity contribution in [3.8, 4) is 0 Å². The standard InChI is InChI=1S/C8H6Cl3NS.ClH/c9-8(10,11)7(12)13-6-4-2-1-3-5-6;/h1-5,12H;1H. The normalized spacial score (nSPS) is 10.5. The molecule has 0 atom stereocenters. The van der Waals surface area contributed by atoms with E-state index in [0.717, 1.165) is 4.90 Å². The molecule has 0 radical (unpaired) electrons. The van der Waals surface area contributed by atoms with Crippen molar-refractivity contribution in [1.29, 1.82) is 0 Å². The Kier molecular flexibility index (Phi) is 6.26. The van der Waals surface area contributed by atoms with E-state index < -0.39 is 3.79 Å². The van der Waals surface area contributed by atoms with Crippen molar-refractivity contribution < 1.29 is 17.8 Å². The maximum atomic E-state index is 5.58. The van der Waals surface area contributed by atoms with Crippen molar-refractivity contribution in [2.45, 2.75) is 8.69 Å². The molecule has 1 nitrogen and oxygen atoms in total. The molecule has 0 aliphatic carbocycles. The van der Waals surface area contributed by atoms with Gasteiger partial charge in [0.25, 0.3) is 8.84 Å². The highest BCUT2D eigenvalue weighted by atomic mass is 35.6. The summed E-state index contributed by atoms with van der Waals surface area (Å²) in [6.07, 6.45) is 0. The van der Waals surface area contributed by atoms with Crippen molar-refractivity contribution >= 4 is 51.6 Å². The molecule has 14 heavy (non-hydrogen) atoms. The summed E-state index contributed by atoms with van der Waals surface area (Å²) < 4.78 is -1.51. The molecule has 0 amide bonds. The lowest BCUT2D eigenvalue weighted by atomic mass is 10.4. The minimum atomic E-state index is -1.51. The number of hydrogen-bond donors (Lipinski definition) is 1. The van der Waals surface area contributed by atoms with Crippen LogP contribution in [0.3, 0.4) is 0 Å². The molecule has 6 heteroatoms. The van der Waals surface area contributed by atoms with E-state index in [4.69, 9.17) is 40.2 Å². The predicted octanol–water partition coefficient (Wildman–Crippen LogP) is -0.689. The first-order valence-electron chi connectivity index (χ1n) is 3.42. The van der Waals surface area contributed by atoms with Crippen molar-refractivity contribution in [3.63, 3.8) is 0 Å². The Morgan fingerprint density at radius 1 is 1.14 bits per heavy atom. The van der Waals surface area contributed by atoms with Crippen molar-refractivity contribution in [1.82, 2.24) is 0 Å². The summed E-state index contributed by atoms with van der Waals surface area (Å²) in [5, 5.41) is 5.82. The summed E-state index contributed by atoms with van der Waals surface area (Å²) in [4.78, 5) is 0.950. The van der Waals surface area contributed by atoms with Gasteiger partial charge in [0.05, 0.1) is 0 Å². The molecule has 1 aromatic rings. The minimum absolute atomic E-state index is 0. The number of benzene rings is 1. The van der Waals surface area contributed by atoms with Gasteiger partial charge < -0.3 is 12.4 Å². The van der Waals surface area contributed by atoms with Gasteiger partial charge in [-0.25, -0.2) is 5.41 Å². The molecule has 2 N–H and O–H groups in total. The van der Waals surface area contributed by atoms with Crippen molar-refractivity contribution in [3.05, 3.63) is 30.3 Å². The van der Waals surface area contributed by atoms with Crippen LogP contribution in [0.15, 0.2) is 35.2 Å². The second-order valence-electron chi connectivity index (χ2n) is 2.28. The van der Waals surface area contributed by atoms with Crippen LogP contribution in [0.5, 0.6) is 0 Å². The maximum Gasteiger partial charge on any atom is 0.281 e. The quantitative estimate of drug-likeness (QED) is 0.315. The fourth-order valence-corrected chi connectivity index (χ4v) is 1.68. The third-order valence-corrected chi connectivity index (χ3v) is 3.23. The van der Waals surface area contributed by atoms with Gasteiger partial charge in [-0.05, 0) is 23.9 Å². The Bertz CT molecular complexity index is 296. The Hall–Kier alpha value is 0.400. The first-order chi connectivity index (χ1) is 6.00. The molecule has 0 bridgehead atoms. The lowest BCUT2D eigenvalue weighted by Crippen LogP contribution is -3.00. The molecule has 0 saturated heterocycles. The fourth-order valence-electron chi connectivity index (χ4n) is 0.673. The Morgan fingerprint density at radius 2 is 1.64 bits per heavy atom. The Balaban J connectivity index is 0.00000169. The van der Waals surface area contributed by atoms with E-state index in [1.54, 1.807) is 0 Å². The molecule has 0 fully saturated rings. The van der Waals surface area contributed by atoms with Gasteiger partial charge in [-0.15, -0.1) is 0 Å². The molecule has 0 unspecified atom stereocenters. The Morgan fingerprint density at radius 3 is 2.07 bits per heavy atom. The van der Waals surface area contributed by atoms with E-state index in [9.17, 15) is 0 Å². The van der Waals surface area contributed by atoms with Gasteiger partial charge in [0, 0.05) is 4.90 Å².